The van der Waals surface area contributed by atoms with Gasteiger partial charge in [0.25, 0.3) is 0 Å². The zero-order valence-electron chi connectivity index (χ0n) is 6.35. The van der Waals surface area contributed by atoms with Gasteiger partial charge in [0, 0.05) is 6.54 Å². The maximum Gasteiger partial charge on any atom is 0.0934 e. The van der Waals surface area contributed by atoms with Crippen molar-refractivity contribution in [1.29, 1.82) is 0 Å². The molecule has 0 heterocycles. The minimum atomic E-state index is -0.0414. The Morgan fingerprint density at radius 3 is 2.58 bits per heavy atom. The minimum Gasteiger partial charge on any atom is -0.381 e. The quantitative estimate of drug-likeness (QED) is 0.741. The van der Waals surface area contributed by atoms with Crippen LogP contribution in [-0.4, -0.2) is 11.8 Å². The van der Waals surface area contributed by atoms with Gasteiger partial charge in [0.15, 0.2) is 0 Å². The molecule has 1 aromatic rings. The molecule has 0 bridgehead atoms. The first kappa shape index (κ1) is 9.81. The molecule has 0 radical (unpaired) electrons. The summed E-state index contributed by atoms with van der Waals surface area (Å²) in [5, 5.41) is 12.3. The molecule has 0 aliphatic heterocycles. The molecule has 0 aliphatic rings. The van der Waals surface area contributed by atoms with E-state index in [1.807, 2.05) is 6.07 Å². The van der Waals surface area contributed by atoms with Gasteiger partial charge in [-0.2, -0.15) is 0 Å². The highest BCUT2D eigenvalue weighted by Gasteiger charge is 1.97. The molecular formula is C8H9Cl2NO. The van der Waals surface area contributed by atoms with Gasteiger partial charge in [0.2, 0.25) is 0 Å². The third-order valence-corrected chi connectivity index (χ3v) is 2.16. The zero-order chi connectivity index (χ0) is 8.97. The zero-order valence-corrected chi connectivity index (χ0v) is 7.86. The van der Waals surface area contributed by atoms with E-state index in [1.165, 1.54) is 0 Å². The highest BCUT2D eigenvalue weighted by atomic mass is 35.5. The SMILES string of the molecule is OCNCc1ccc(Cl)c(Cl)c1. The van der Waals surface area contributed by atoms with Crippen molar-refractivity contribution in [1.82, 2.24) is 5.32 Å². The summed E-state index contributed by atoms with van der Waals surface area (Å²) in [5.41, 5.74) is 0.999. The Morgan fingerprint density at radius 1 is 1.25 bits per heavy atom. The van der Waals surface area contributed by atoms with Gasteiger partial charge in [-0.05, 0) is 17.7 Å². The second kappa shape index (κ2) is 4.67. The fourth-order valence-corrected chi connectivity index (χ4v) is 1.17. The van der Waals surface area contributed by atoms with Crippen LogP contribution in [-0.2, 0) is 6.54 Å². The van der Waals surface area contributed by atoms with Crippen LogP contribution in [0.5, 0.6) is 0 Å². The third kappa shape index (κ3) is 2.64. The highest BCUT2D eigenvalue weighted by Crippen LogP contribution is 2.22. The standard InChI is InChI=1S/C8H9Cl2NO/c9-7-2-1-6(3-8(7)10)4-11-5-12/h1-3,11-12H,4-5H2. The van der Waals surface area contributed by atoms with E-state index in [0.717, 1.165) is 5.56 Å². The summed E-state index contributed by atoms with van der Waals surface area (Å²) in [4.78, 5) is 0. The van der Waals surface area contributed by atoms with E-state index in [4.69, 9.17) is 28.3 Å². The molecule has 4 heteroatoms. The lowest BCUT2D eigenvalue weighted by atomic mass is 10.2. The van der Waals surface area contributed by atoms with E-state index in [2.05, 4.69) is 5.32 Å². The van der Waals surface area contributed by atoms with Gasteiger partial charge >= 0.3 is 0 Å². The highest BCUT2D eigenvalue weighted by molar-refractivity contribution is 6.41. The fourth-order valence-electron chi connectivity index (χ4n) is 0.850. The van der Waals surface area contributed by atoms with Crippen molar-refractivity contribution >= 4 is 23.2 Å². The van der Waals surface area contributed by atoms with Crippen LogP contribution in [0.25, 0.3) is 0 Å². The Labute approximate surface area is 81.1 Å². The molecule has 66 valence electrons. The Balaban J connectivity index is 2.69. The molecule has 0 amide bonds. The predicted octanol–water partition coefficient (Wildman–Crippen LogP) is 2.03. The van der Waals surface area contributed by atoms with E-state index in [1.54, 1.807) is 12.1 Å². The number of hydrogen-bond acceptors (Lipinski definition) is 2. The predicted molar refractivity (Wildman–Crippen MR) is 50.4 cm³/mol. The summed E-state index contributed by atoms with van der Waals surface area (Å²) in [5.74, 6) is 0. The van der Waals surface area contributed by atoms with E-state index in [9.17, 15) is 0 Å². The fraction of sp³-hybridized carbons (Fsp3) is 0.250. The first-order valence-corrected chi connectivity index (χ1v) is 4.25. The van der Waals surface area contributed by atoms with Crippen LogP contribution in [0, 0.1) is 0 Å². The van der Waals surface area contributed by atoms with Crippen molar-refractivity contribution in [3.63, 3.8) is 0 Å². The molecule has 2 N–H and O–H groups in total. The molecule has 0 aliphatic carbocycles. The van der Waals surface area contributed by atoms with Crippen molar-refractivity contribution in [2.24, 2.45) is 0 Å². The Kier molecular flexibility index (Phi) is 3.82. The van der Waals surface area contributed by atoms with Crippen molar-refractivity contribution in [3.05, 3.63) is 33.8 Å². The number of halogens is 2. The Bertz CT molecular complexity index is 265. The monoisotopic (exact) mass is 205 g/mol. The molecule has 2 nitrogen and oxygen atoms in total. The smallest absolute Gasteiger partial charge is 0.0934 e. The molecule has 1 aromatic carbocycles. The third-order valence-electron chi connectivity index (χ3n) is 1.42. The van der Waals surface area contributed by atoms with Crippen LogP contribution in [0.4, 0.5) is 0 Å². The van der Waals surface area contributed by atoms with Gasteiger partial charge in [-0.15, -0.1) is 0 Å². The number of aliphatic hydroxyl groups excluding tert-OH is 1. The number of hydrogen-bond donors (Lipinski definition) is 2. The first-order valence-electron chi connectivity index (χ1n) is 3.49. The van der Waals surface area contributed by atoms with Crippen LogP contribution >= 0.6 is 23.2 Å². The van der Waals surface area contributed by atoms with E-state index in [-0.39, 0.29) is 6.73 Å². The van der Waals surface area contributed by atoms with Gasteiger partial charge in [0.05, 0.1) is 16.8 Å². The minimum absolute atomic E-state index is 0.0414. The van der Waals surface area contributed by atoms with Crippen molar-refractivity contribution in [2.45, 2.75) is 6.54 Å². The van der Waals surface area contributed by atoms with Crippen LogP contribution in [0.3, 0.4) is 0 Å². The van der Waals surface area contributed by atoms with E-state index in [0.29, 0.717) is 16.6 Å². The van der Waals surface area contributed by atoms with Crippen LogP contribution in [0.2, 0.25) is 10.0 Å². The number of nitrogens with one attached hydrogen (secondary N) is 1. The average Bonchev–Trinajstić information content (AvgIpc) is 2.07. The summed E-state index contributed by atoms with van der Waals surface area (Å²) in [6.07, 6.45) is 0. The van der Waals surface area contributed by atoms with Crippen LogP contribution < -0.4 is 5.32 Å². The normalized spacial score (nSPS) is 10.2. The topological polar surface area (TPSA) is 32.3 Å². The molecule has 0 fully saturated rings. The van der Waals surface area contributed by atoms with Crippen molar-refractivity contribution in [3.8, 4) is 0 Å². The summed E-state index contributed by atoms with van der Waals surface area (Å²) >= 11 is 11.5. The van der Waals surface area contributed by atoms with Gasteiger partial charge in [-0.25, -0.2) is 0 Å². The molecule has 0 saturated heterocycles. The largest absolute Gasteiger partial charge is 0.381 e. The van der Waals surface area contributed by atoms with Crippen LogP contribution in [0.1, 0.15) is 5.56 Å². The van der Waals surface area contributed by atoms with Crippen molar-refractivity contribution in [2.75, 3.05) is 6.73 Å². The molecule has 12 heavy (non-hydrogen) atoms. The van der Waals surface area contributed by atoms with Crippen LogP contribution in [0.15, 0.2) is 18.2 Å². The Hall–Kier alpha value is -0.280. The maximum absolute atomic E-state index is 8.48. The summed E-state index contributed by atoms with van der Waals surface area (Å²) < 4.78 is 0. The summed E-state index contributed by atoms with van der Waals surface area (Å²) in [6.45, 7) is 0.549. The lowest BCUT2D eigenvalue weighted by Gasteiger charge is -2.02. The molecule has 1 rings (SSSR count). The second-order valence-electron chi connectivity index (χ2n) is 2.33. The van der Waals surface area contributed by atoms with Crippen molar-refractivity contribution < 1.29 is 5.11 Å². The molecule has 0 saturated carbocycles. The van der Waals surface area contributed by atoms with E-state index < -0.39 is 0 Å². The van der Waals surface area contributed by atoms with E-state index >= 15 is 0 Å². The molecular weight excluding hydrogens is 197 g/mol. The molecule has 0 atom stereocenters. The average molecular weight is 206 g/mol. The van der Waals surface area contributed by atoms with Gasteiger partial charge in [0.1, 0.15) is 0 Å². The lowest BCUT2D eigenvalue weighted by Crippen LogP contribution is -2.13. The van der Waals surface area contributed by atoms with Gasteiger partial charge in [-0.1, -0.05) is 29.3 Å². The molecule has 0 unspecified atom stereocenters. The number of rotatable bonds is 3. The Morgan fingerprint density at radius 2 is 2.00 bits per heavy atom. The van der Waals surface area contributed by atoms with Gasteiger partial charge in [-0.3, -0.25) is 5.32 Å². The number of benzene rings is 1. The maximum atomic E-state index is 8.48. The number of aliphatic hydroxyl groups is 1. The second-order valence-corrected chi connectivity index (χ2v) is 3.15. The summed E-state index contributed by atoms with van der Waals surface area (Å²) in [7, 11) is 0. The lowest BCUT2D eigenvalue weighted by molar-refractivity contribution is 0.259. The van der Waals surface area contributed by atoms with Gasteiger partial charge < -0.3 is 5.11 Å². The first-order chi connectivity index (χ1) is 5.74. The summed E-state index contributed by atoms with van der Waals surface area (Å²) in [6, 6.07) is 5.36. The molecule has 0 spiro atoms. The molecule has 0 aromatic heterocycles.